The maximum atomic E-state index is 12.2. The Morgan fingerprint density at radius 3 is 2.42 bits per heavy atom. The van der Waals surface area contributed by atoms with E-state index < -0.39 is 10.0 Å². The van der Waals surface area contributed by atoms with Gasteiger partial charge in [-0.15, -0.1) is 0 Å². The van der Waals surface area contributed by atoms with Crippen LogP contribution < -0.4 is 14.4 Å². The Kier molecular flexibility index (Phi) is 6.63. The first-order valence-corrected chi connectivity index (χ1v) is 10.1. The number of methoxy groups -OCH3 is 1. The number of nitrogens with zero attached hydrogens (tertiary/aromatic N) is 1. The Balaban J connectivity index is 2.00. The number of anilines is 2. The van der Waals surface area contributed by atoms with E-state index in [9.17, 15) is 13.2 Å². The predicted molar refractivity (Wildman–Crippen MR) is 104 cm³/mol. The number of aryl methyl sites for hydroxylation is 1. The summed E-state index contributed by atoms with van der Waals surface area (Å²) >= 11 is 0. The highest BCUT2D eigenvalue weighted by atomic mass is 32.2. The number of carbonyl (C=O) groups excluding carboxylic acids is 1. The molecule has 2 aromatic rings. The van der Waals surface area contributed by atoms with Crippen molar-refractivity contribution in [3.8, 4) is 5.75 Å². The molecule has 2 aromatic carbocycles. The van der Waals surface area contributed by atoms with Gasteiger partial charge in [0.1, 0.15) is 5.75 Å². The molecule has 0 fully saturated rings. The first-order chi connectivity index (χ1) is 12.3. The molecule has 0 radical (unpaired) electrons. The van der Waals surface area contributed by atoms with Crippen LogP contribution in [-0.2, 0) is 14.8 Å². The lowest BCUT2D eigenvalue weighted by molar-refractivity contribution is -0.116. The van der Waals surface area contributed by atoms with Crippen molar-refractivity contribution in [2.75, 3.05) is 29.5 Å². The molecule has 0 unspecified atom stereocenters. The maximum Gasteiger partial charge on any atom is 0.232 e. The van der Waals surface area contributed by atoms with Crippen molar-refractivity contribution in [1.82, 2.24) is 0 Å². The van der Waals surface area contributed by atoms with Gasteiger partial charge in [0.15, 0.2) is 0 Å². The van der Waals surface area contributed by atoms with Gasteiger partial charge >= 0.3 is 0 Å². The Morgan fingerprint density at radius 2 is 1.77 bits per heavy atom. The fourth-order valence-corrected chi connectivity index (χ4v) is 3.67. The van der Waals surface area contributed by atoms with E-state index in [0.717, 1.165) is 5.56 Å². The van der Waals surface area contributed by atoms with E-state index in [2.05, 4.69) is 5.32 Å². The summed E-state index contributed by atoms with van der Waals surface area (Å²) in [5.74, 6) is 0.395. The second kappa shape index (κ2) is 8.71. The third kappa shape index (κ3) is 5.23. The van der Waals surface area contributed by atoms with Gasteiger partial charge in [0.25, 0.3) is 0 Å². The summed E-state index contributed by atoms with van der Waals surface area (Å²) in [5, 5.41) is 2.79. The molecule has 0 bridgehead atoms. The first kappa shape index (κ1) is 19.8. The van der Waals surface area contributed by atoms with E-state index in [1.807, 2.05) is 31.2 Å². The van der Waals surface area contributed by atoms with Gasteiger partial charge in [-0.25, -0.2) is 8.42 Å². The zero-order valence-corrected chi connectivity index (χ0v) is 16.0. The van der Waals surface area contributed by atoms with Crippen LogP contribution in [0.15, 0.2) is 48.5 Å². The number of rotatable bonds is 8. The minimum atomic E-state index is -3.43. The number of ether oxygens (including phenoxy) is 1. The van der Waals surface area contributed by atoms with E-state index >= 15 is 0 Å². The van der Waals surface area contributed by atoms with E-state index in [1.54, 1.807) is 24.3 Å². The number of hydrogen-bond acceptors (Lipinski definition) is 4. The van der Waals surface area contributed by atoms with E-state index in [0.29, 0.717) is 23.5 Å². The number of benzene rings is 2. The third-order valence-electron chi connectivity index (χ3n) is 3.93. The largest absolute Gasteiger partial charge is 0.495 e. The molecular formula is C19H24N2O4S. The van der Waals surface area contributed by atoms with Crippen LogP contribution in [0.25, 0.3) is 0 Å². The molecule has 0 heterocycles. The molecule has 0 aliphatic heterocycles. The molecule has 0 saturated carbocycles. The normalized spacial score (nSPS) is 11.0. The molecule has 1 N–H and O–H groups in total. The summed E-state index contributed by atoms with van der Waals surface area (Å²) in [6.07, 6.45) is 1.78. The SMILES string of the molecule is COc1ccccc1NC(=O)CCCN(c1ccccc1C)S(C)(=O)=O. The van der Waals surface area contributed by atoms with Gasteiger partial charge in [-0.05, 0) is 37.1 Å². The molecule has 26 heavy (non-hydrogen) atoms. The molecule has 0 atom stereocenters. The van der Waals surface area contributed by atoms with Gasteiger partial charge in [-0.1, -0.05) is 30.3 Å². The molecule has 1 amide bonds. The third-order valence-corrected chi connectivity index (χ3v) is 5.11. The average molecular weight is 376 g/mol. The molecule has 6 nitrogen and oxygen atoms in total. The van der Waals surface area contributed by atoms with Gasteiger partial charge in [-0.3, -0.25) is 9.10 Å². The Labute approximate surface area is 154 Å². The number of para-hydroxylation sites is 3. The van der Waals surface area contributed by atoms with Crippen LogP contribution in [0.1, 0.15) is 18.4 Å². The van der Waals surface area contributed by atoms with Crippen molar-refractivity contribution in [3.63, 3.8) is 0 Å². The van der Waals surface area contributed by atoms with Gasteiger partial charge in [0.2, 0.25) is 15.9 Å². The Hall–Kier alpha value is -2.54. The van der Waals surface area contributed by atoms with Gasteiger partial charge in [0.05, 0.1) is 24.7 Å². The number of nitrogens with one attached hydrogen (secondary N) is 1. The molecule has 0 aliphatic carbocycles. The Bertz CT molecular complexity index is 865. The summed E-state index contributed by atoms with van der Waals surface area (Å²) in [6, 6.07) is 14.4. The Morgan fingerprint density at radius 1 is 1.12 bits per heavy atom. The molecule has 0 aliphatic rings. The van der Waals surface area contributed by atoms with E-state index in [1.165, 1.54) is 17.7 Å². The van der Waals surface area contributed by atoms with Crippen LogP contribution in [0.4, 0.5) is 11.4 Å². The van der Waals surface area contributed by atoms with Gasteiger partial charge in [-0.2, -0.15) is 0 Å². The van der Waals surface area contributed by atoms with Crippen molar-refractivity contribution in [3.05, 3.63) is 54.1 Å². The lowest BCUT2D eigenvalue weighted by Crippen LogP contribution is -2.32. The van der Waals surface area contributed by atoms with Crippen LogP contribution in [0.3, 0.4) is 0 Å². The molecule has 140 valence electrons. The summed E-state index contributed by atoms with van der Waals surface area (Å²) in [7, 11) is -1.89. The molecular weight excluding hydrogens is 352 g/mol. The quantitative estimate of drug-likeness (QED) is 0.768. The summed E-state index contributed by atoms with van der Waals surface area (Å²) in [4.78, 5) is 12.2. The summed E-state index contributed by atoms with van der Waals surface area (Å²) in [5.41, 5.74) is 2.11. The highest BCUT2D eigenvalue weighted by Crippen LogP contribution is 2.24. The van der Waals surface area contributed by atoms with Crippen molar-refractivity contribution < 1.29 is 17.9 Å². The zero-order chi connectivity index (χ0) is 19.2. The number of amides is 1. The fraction of sp³-hybridized carbons (Fsp3) is 0.316. The zero-order valence-electron chi connectivity index (χ0n) is 15.2. The van der Waals surface area contributed by atoms with Crippen molar-refractivity contribution in [2.24, 2.45) is 0 Å². The van der Waals surface area contributed by atoms with Crippen molar-refractivity contribution in [2.45, 2.75) is 19.8 Å². The lowest BCUT2D eigenvalue weighted by atomic mass is 10.2. The van der Waals surface area contributed by atoms with Gasteiger partial charge in [0, 0.05) is 13.0 Å². The van der Waals surface area contributed by atoms with Crippen LogP contribution in [0.2, 0.25) is 0 Å². The number of carbonyl (C=O) groups is 1. The summed E-state index contributed by atoms with van der Waals surface area (Å²) < 4.78 is 30.8. The standard InChI is InChI=1S/C19H24N2O4S/c1-15-9-4-6-11-17(15)21(26(3,23)24)14-8-13-19(22)20-16-10-5-7-12-18(16)25-2/h4-7,9-12H,8,13-14H2,1-3H3,(H,20,22). The lowest BCUT2D eigenvalue weighted by Gasteiger charge is -2.24. The van der Waals surface area contributed by atoms with Gasteiger partial charge < -0.3 is 10.1 Å². The second-order valence-electron chi connectivity index (χ2n) is 5.97. The van der Waals surface area contributed by atoms with Crippen LogP contribution in [-0.4, -0.2) is 34.2 Å². The molecule has 0 spiro atoms. The van der Waals surface area contributed by atoms with Crippen LogP contribution >= 0.6 is 0 Å². The smallest absolute Gasteiger partial charge is 0.232 e. The highest BCUT2D eigenvalue weighted by Gasteiger charge is 2.19. The molecule has 2 rings (SSSR count). The van der Waals surface area contributed by atoms with Crippen LogP contribution in [0, 0.1) is 6.92 Å². The second-order valence-corrected chi connectivity index (χ2v) is 7.88. The predicted octanol–water partition coefficient (Wildman–Crippen LogP) is 3.19. The monoisotopic (exact) mass is 376 g/mol. The van der Waals surface area contributed by atoms with Crippen LogP contribution in [0.5, 0.6) is 5.75 Å². The highest BCUT2D eigenvalue weighted by molar-refractivity contribution is 7.92. The number of hydrogen-bond donors (Lipinski definition) is 1. The number of sulfonamides is 1. The van der Waals surface area contributed by atoms with E-state index in [4.69, 9.17) is 4.74 Å². The molecule has 0 saturated heterocycles. The maximum absolute atomic E-state index is 12.2. The first-order valence-electron chi connectivity index (χ1n) is 8.29. The molecule has 7 heteroatoms. The fourth-order valence-electron chi connectivity index (χ4n) is 2.65. The van der Waals surface area contributed by atoms with Crippen molar-refractivity contribution in [1.29, 1.82) is 0 Å². The average Bonchev–Trinajstić information content (AvgIpc) is 2.59. The topological polar surface area (TPSA) is 75.7 Å². The minimum absolute atomic E-state index is 0.187. The van der Waals surface area contributed by atoms with E-state index in [-0.39, 0.29) is 18.9 Å². The van der Waals surface area contributed by atoms with Crippen molar-refractivity contribution >= 4 is 27.3 Å². The minimum Gasteiger partial charge on any atom is -0.495 e. The summed E-state index contributed by atoms with van der Waals surface area (Å²) in [6.45, 7) is 2.10. The molecule has 0 aromatic heterocycles.